The molecule has 1 aliphatic heterocycles. The lowest BCUT2D eigenvalue weighted by Gasteiger charge is -2.30. The molecule has 1 amide bonds. The topological polar surface area (TPSA) is 105 Å². The summed E-state index contributed by atoms with van der Waals surface area (Å²) >= 11 is 0. The first-order valence-corrected chi connectivity index (χ1v) is 10.8. The van der Waals surface area contributed by atoms with Gasteiger partial charge in [-0.2, -0.15) is 10.4 Å². The van der Waals surface area contributed by atoms with Crippen molar-refractivity contribution in [3.05, 3.63) is 82.0 Å². The Morgan fingerprint density at radius 1 is 1.18 bits per heavy atom. The first kappa shape index (κ1) is 22.0. The summed E-state index contributed by atoms with van der Waals surface area (Å²) in [6, 6.07) is 17.6. The average molecular weight is 441 g/mol. The minimum Gasteiger partial charge on any atom is -0.338 e. The van der Waals surface area contributed by atoms with Crippen molar-refractivity contribution in [1.29, 1.82) is 5.26 Å². The van der Waals surface area contributed by atoms with E-state index in [9.17, 15) is 20.2 Å². The maximum atomic E-state index is 13.0. The van der Waals surface area contributed by atoms with Gasteiger partial charge in [0, 0.05) is 42.5 Å². The Morgan fingerprint density at radius 3 is 2.58 bits per heavy atom. The van der Waals surface area contributed by atoms with Gasteiger partial charge in [0.15, 0.2) is 0 Å². The molecule has 1 fully saturated rings. The zero-order chi connectivity index (χ0) is 23.4. The van der Waals surface area contributed by atoms with Crippen LogP contribution in [0.5, 0.6) is 0 Å². The van der Waals surface area contributed by atoms with Crippen molar-refractivity contribution in [2.75, 3.05) is 13.1 Å². The number of nitrogens with zero attached hydrogens (tertiary/aromatic N) is 5. The van der Waals surface area contributed by atoms with Gasteiger partial charge < -0.3 is 4.90 Å². The molecule has 2 heterocycles. The van der Waals surface area contributed by atoms with Crippen LogP contribution in [-0.2, 0) is 4.79 Å². The molecular formula is C25H23N5O3. The molecule has 0 radical (unpaired) electrons. The number of aromatic nitrogens is 2. The van der Waals surface area contributed by atoms with Crippen LogP contribution in [0.3, 0.4) is 0 Å². The number of hydrogen-bond acceptors (Lipinski definition) is 5. The second kappa shape index (κ2) is 9.49. The molecule has 0 bridgehead atoms. The summed E-state index contributed by atoms with van der Waals surface area (Å²) in [6.45, 7) is 3.41. The molecule has 8 nitrogen and oxygen atoms in total. The number of carbonyl (C=O) groups is 1. The molecule has 0 aliphatic carbocycles. The zero-order valence-electron chi connectivity index (χ0n) is 18.2. The Morgan fingerprint density at radius 2 is 1.91 bits per heavy atom. The third-order valence-corrected chi connectivity index (χ3v) is 5.82. The van der Waals surface area contributed by atoms with E-state index in [0.717, 1.165) is 18.5 Å². The van der Waals surface area contributed by atoms with Crippen molar-refractivity contribution in [3.63, 3.8) is 0 Å². The number of nitro groups is 1. The standard InChI is InChI=1S/C25H23N5O3/c1-18-10-12-28(13-11-18)25(31)20(16-26)14-21-17-29(22-7-3-2-4-8-22)27-24(21)19-6-5-9-23(15-19)30(32)33/h2-9,14-15,17-18H,10-13H2,1H3/b20-14+. The number of carbonyl (C=O) groups excluding carboxylic acids is 1. The van der Waals surface area contributed by atoms with Crippen LogP contribution in [0.1, 0.15) is 25.3 Å². The van der Waals surface area contributed by atoms with Crippen molar-refractivity contribution in [3.8, 4) is 23.0 Å². The summed E-state index contributed by atoms with van der Waals surface area (Å²) in [6.07, 6.45) is 5.08. The van der Waals surface area contributed by atoms with Crippen LogP contribution >= 0.6 is 0 Å². The molecule has 4 rings (SSSR count). The Bertz CT molecular complexity index is 1250. The van der Waals surface area contributed by atoms with Gasteiger partial charge >= 0.3 is 0 Å². The molecule has 3 aromatic rings. The van der Waals surface area contributed by atoms with E-state index in [1.54, 1.807) is 27.9 Å². The molecule has 1 aliphatic rings. The number of nitriles is 1. The lowest BCUT2D eigenvalue weighted by molar-refractivity contribution is -0.384. The molecule has 0 spiro atoms. The maximum absolute atomic E-state index is 13.0. The molecule has 8 heteroatoms. The number of likely N-dealkylation sites (tertiary alicyclic amines) is 1. The summed E-state index contributed by atoms with van der Waals surface area (Å²) in [5, 5.41) is 25.7. The largest absolute Gasteiger partial charge is 0.338 e. The van der Waals surface area contributed by atoms with Crippen molar-refractivity contribution in [2.24, 2.45) is 5.92 Å². The van der Waals surface area contributed by atoms with Crippen LogP contribution in [0.4, 0.5) is 5.69 Å². The molecule has 1 aromatic heterocycles. The van der Waals surface area contributed by atoms with Gasteiger partial charge in [-0.15, -0.1) is 0 Å². The summed E-state index contributed by atoms with van der Waals surface area (Å²) in [4.78, 5) is 25.6. The number of piperidine rings is 1. The zero-order valence-corrected chi connectivity index (χ0v) is 18.2. The van der Waals surface area contributed by atoms with Gasteiger partial charge in [-0.05, 0) is 37.0 Å². The number of para-hydroxylation sites is 1. The van der Waals surface area contributed by atoms with Crippen molar-refractivity contribution >= 4 is 17.7 Å². The third-order valence-electron chi connectivity index (χ3n) is 5.82. The van der Waals surface area contributed by atoms with E-state index in [1.165, 1.54) is 18.2 Å². The molecular weight excluding hydrogens is 418 g/mol. The van der Waals surface area contributed by atoms with Gasteiger partial charge in [0.25, 0.3) is 11.6 Å². The van der Waals surface area contributed by atoms with E-state index in [4.69, 9.17) is 0 Å². The fraction of sp³-hybridized carbons (Fsp3) is 0.240. The highest BCUT2D eigenvalue weighted by atomic mass is 16.6. The van der Waals surface area contributed by atoms with E-state index >= 15 is 0 Å². The number of amides is 1. The third kappa shape index (κ3) is 4.83. The van der Waals surface area contributed by atoms with Crippen molar-refractivity contribution in [1.82, 2.24) is 14.7 Å². The lowest BCUT2D eigenvalue weighted by Crippen LogP contribution is -2.38. The number of hydrogen-bond donors (Lipinski definition) is 0. The molecule has 0 unspecified atom stereocenters. The van der Waals surface area contributed by atoms with Crippen LogP contribution in [0, 0.1) is 27.4 Å². The quantitative estimate of drug-likeness (QED) is 0.249. The number of non-ortho nitro benzene ring substituents is 1. The van der Waals surface area contributed by atoms with E-state index in [-0.39, 0.29) is 17.2 Å². The van der Waals surface area contributed by atoms with E-state index in [1.807, 2.05) is 36.4 Å². The SMILES string of the molecule is CC1CCN(C(=O)/C(C#N)=C/c2cn(-c3ccccc3)nc2-c2cccc([N+](=O)[O-])c2)CC1. The smallest absolute Gasteiger partial charge is 0.270 e. The van der Waals surface area contributed by atoms with Gasteiger partial charge in [-0.1, -0.05) is 37.3 Å². The summed E-state index contributed by atoms with van der Waals surface area (Å²) in [5.41, 5.74) is 2.27. The highest BCUT2D eigenvalue weighted by molar-refractivity contribution is 6.02. The van der Waals surface area contributed by atoms with Gasteiger partial charge in [-0.3, -0.25) is 14.9 Å². The van der Waals surface area contributed by atoms with Crippen molar-refractivity contribution in [2.45, 2.75) is 19.8 Å². The van der Waals surface area contributed by atoms with E-state index in [2.05, 4.69) is 12.0 Å². The first-order chi connectivity index (χ1) is 16.0. The van der Waals surface area contributed by atoms with Crippen molar-refractivity contribution < 1.29 is 9.72 Å². The van der Waals surface area contributed by atoms with Crippen LogP contribution in [0.25, 0.3) is 23.0 Å². The second-order valence-electron chi connectivity index (χ2n) is 8.17. The minimum atomic E-state index is -0.464. The fourth-order valence-electron chi connectivity index (χ4n) is 3.88. The second-order valence-corrected chi connectivity index (χ2v) is 8.17. The summed E-state index contributed by atoms with van der Waals surface area (Å²) < 4.78 is 1.64. The fourth-order valence-corrected chi connectivity index (χ4v) is 3.88. The average Bonchev–Trinajstić information content (AvgIpc) is 3.27. The Balaban J connectivity index is 1.78. The molecule has 166 valence electrons. The molecule has 1 saturated heterocycles. The van der Waals surface area contributed by atoms with Crippen LogP contribution < -0.4 is 0 Å². The summed E-state index contributed by atoms with van der Waals surface area (Å²) in [5.74, 6) is 0.259. The predicted octanol–water partition coefficient (Wildman–Crippen LogP) is 4.61. The summed E-state index contributed by atoms with van der Waals surface area (Å²) in [7, 11) is 0. The monoisotopic (exact) mass is 441 g/mol. The Kier molecular flexibility index (Phi) is 6.31. The van der Waals surface area contributed by atoms with E-state index in [0.29, 0.717) is 35.8 Å². The highest BCUT2D eigenvalue weighted by Crippen LogP contribution is 2.29. The molecule has 0 N–H and O–H groups in total. The van der Waals surface area contributed by atoms with Gasteiger partial charge in [0.05, 0.1) is 10.6 Å². The number of benzene rings is 2. The molecule has 2 aromatic carbocycles. The van der Waals surface area contributed by atoms with Crippen LogP contribution in [0.2, 0.25) is 0 Å². The molecule has 0 atom stereocenters. The minimum absolute atomic E-state index is 0.0174. The van der Waals surface area contributed by atoms with Gasteiger partial charge in [0.2, 0.25) is 0 Å². The highest BCUT2D eigenvalue weighted by Gasteiger charge is 2.24. The normalized spacial score (nSPS) is 14.7. The predicted molar refractivity (Wildman–Crippen MR) is 124 cm³/mol. The van der Waals surface area contributed by atoms with Gasteiger partial charge in [0.1, 0.15) is 17.3 Å². The Labute approximate surface area is 191 Å². The molecule has 33 heavy (non-hydrogen) atoms. The van der Waals surface area contributed by atoms with Crippen LogP contribution in [0.15, 0.2) is 66.4 Å². The first-order valence-electron chi connectivity index (χ1n) is 10.8. The van der Waals surface area contributed by atoms with E-state index < -0.39 is 4.92 Å². The number of nitro benzene ring substituents is 1. The Hall–Kier alpha value is -4.25. The lowest BCUT2D eigenvalue weighted by atomic mass is 9.98. The van der Waals surface area contributed by atoms with Gasteiger partial charge in [-0.25, -0.2) is 4.68 Å². The maximum Gasteiger partial charge on any atom is 0.270 e. The van der Waals surface area contributed by atoms with Crippen LogP contribution in [-0.4, -0.2) is 38.6 Å². The number of rotatable bonds is 5. The molecule has 0 saturated carbocycles.